The van der Waals surface area contributed by atoms with Crippen LogP contribution in [0.4, 0.5) is 0 Å². The van der Waals surface area contributed by atoms with Crippen LogP contribution < -0.4 is 0 Å². The smallest absolute Gasteiger partial charge is 0.146 e. The highest BCUT2D eigenvalue weighted by Gasteiger charge is 2.13. The standard InChI is InChI=1S/C29H27Cl2N/c1-28(2,3)24-15-9-20(10-16-24)7-13-22-19-23(27(31)32-26(22)30)14-8-21-11-17-25(18-12-21)29(4,5)6/h9-12,15-19H,1-6H3. The molecule has 0 spiro atoms. The Kier molecular flexibility index (Phi) is 7.05. The third-order valence-corrected chi connectivity index (χ3v) is 5.69. The summed E-state index contributed by atoms with van der Waals surface area (Å²) in [5.41, 5.74) is 5.77. The number of pyridine rings is 1. The molecular weight excluding hydrogens is 433 g/mol. The van der Waals surface area contributed by atoms with Crippen molar-refractivity contribution in [1.82, 2.24) is 4.98 Å². The van der Waals surface area contributed by atoms with Gasteiger partial charge in [-0.15, -0.1) is 0 Å². The fourth-order valence-electron chi connectivity index (χ4n) is 3.03. The van der Waals surface area contributed by atoms with Crippen LogP contribution in [0.1, 0.15) is 74.9 Å². The van der Waals surface area contributed by atoms with Gasteiger partial charge in [0.05, 0.1) is 11.1 Å². The Morgan fingerprint density at radius 2 is 0.906 bits per heavy atom. The second-order valence-electron chi connectivity index (χ2n) is 9.82. The monoisotopic (exact) mass is 459 g/mol. The third-order valence-electron chi connectivity index (χ3n) is 5.11. The number of aromatic nitrogens is 1. The molecular formula is C29H27Cl2N. The van der Waals surface area contributed by atoms with E-state index >= 15 is 0 Å². The van der Waals surface area contributed by atoms with Crippen LogP contribution in [0.15, 0.2) is 54.6 Å². The zero-order chi connectivity index (χ0) is 23.5. The maximum Gasteiger partial charge on any atom is 0.146 e. The zero-order valence-electron chi connectivity index (χ0n) is 19.4. The van der Waals surface area contributed by atoms with Gasteiger partial charge in [0.2, 0.25) is 0 Å². The number of hydrogen-bond donors (Lipinski definition) is 0. The van der Waals surface area contributed by atoms with Gasteiger partial charge < -0.3 is 0 Å². The maximum absolute atomic E-state index is 6.28. The lowest BCUT2D eigenvalue weighted by atomic mass is 9.87. The Morgan fingerprint density at radius 3 is 1.22 bits per heavy atom. The van der Waals surface area contributed by atoms with E-state index in [1.54, 1.807) is 6.07 Å². The lowest BCUT2D eigenvalue weighted by molar-refractivity contribution is 0.590. The summed E-state index contributed by atoms with van der Waals surface area (Å²) in [6.07, 6.45) is 0. The van der Waals surface area contributed by atoms with E-state index in [9.17, 15) is 0 Å². The molecule has 0 fully saturated rings. The van der Waals surface area contributed by atoms with E-state index in [4.69, 9.17) is 23.2 Å². The normalized spacial score (nSPS) is 11.2. The van der Waals surface area contributed by atoms with E-state index in [0.717, 1.165) is 11.1 Å². The van der Waals surface area contributed by atoms with Gasteiger partial charge in [-0.3, -0.25) is 0 Å². The molecule has 1 nitrogen and oxygen atoms in total. The molecule has 0 aliphatic rings. The molecule has 0 bridgehead atoms. The SMILES string of the molecule is CC(C)(C)c1ccc(C#Cc2cc(C#Cc3ccc(C(C)(C)C)cc3)c(Cl)nc2Cl)cc1. The molecule has 0 saturated carbocycles. The summed E-state index contributed by atoms with van der Waals surface area (Å²) in [6.45, 7) is 13.1. The molecule has 2 aromatic carbocycles. The summed E-state index contributed by atoms with van der Waals surface area (Å²) in [6, 6.07) is 18.3. The molecule has 0 aliphatic carbocycles. The van der Waals surface area contributed by atoms with Crippen molar-refractivity contribution in [2.24, 2.45) is 0 Å². The quantitative estimate of drug-likeness (QED) is 0.247. The first-order valence-corrected chi connectivity index (χ1v) is 11.3. The fraction of sp³-hybridized carbons (Fsp3) is 0.276. The fourth-order valence-corrected chi connectivity index (χ4v) is 3.45. The molecule has 0 saturated heterocycles. The second kappa shape index (κ2) is 9.42. The highest BCUT2D eigenvalue weighted by molar-refractivity contribution is 6.33. The van der Waals surface area contributed by atoms with Crippen LogP contribution in [0.2, 0.25) is 10.3 Å². The van der Waals surface area contributed by atoms with Gasteiger partial charge in [-0.05, 0) is 52.3 Å². The molecule has 0 aliphatic heterocycles. The molecule has 0 N–H and O–H groups in total. The molecule has 3 aromatic rings. The zero-order valence-corrected chi connectivity index (χ0v) is 20.9. The van der Waals surface area contributed by atoms with Crippen molar-refractivity contribution in [3.8, 4) is 23.7 Å². The molecule has 0 amide bonds. The van der Waals surface area contributed by atoms with Gasteiger partial charge in [-0.2, -0.15) is 0 Å². The first-order valence-electron chi connectivity index (χ1n) is 10.5. The van der Waals surface area contributed by atoms with Crippen molar-refractivity contribution in [3.05, 3.63) is 98.3 Å². The number of rotatable bonds is 0. The Labute approximate surface area is 202 Å². The predicted octanol–water partition coefficient (Wildman–Crippen LogP) is 7.78. The first kappa shape index (κ1) is 23.9. The van der Waals surface area contributed by atoms with Gasteiger partial charge in [0.25, 0.3) is 0 Å². The van der Waals surface area contributed by atoms with E-state index in [-0.39, 0.29) is 21.1 Å². The van der Waals surface area contributed by atoms with Crippen LogP contribution in [-0.4, -0.2) is 4.98 Å². The van der Waals surface area contributed by atoms with Gasteiger partial charge in [-0.25, -0.2) is 4.98 Å². The van der Waals surface area contributed by atoms with E-state index < -0.39 is 0 Å². The molecule has 3 heteroatoms. The molecule has 162 valence electrons. The van der Waals surface area contributed by atoms with Crippen LogP contribution in [0, 0.1) is 23.7 Å². The summed E-state index contributed by atoms with van der Waals surface area (Å²) in [5.74, 6) is 12.5. The Hall–Kier alpha value is -2.71. The predicted molar refractivity (Wildman–Crippen MR) is 137 cm³/mol. The summed E-state index contributed by atoms with van der Waals surface area (Å²) < 4.78 is 0. The van der Waals surface area contributed by atoms with Crippen molar-refractivity contribution >= 4 is 23.2 Å². The summed E-state index contributed by atoms with van der Waals surface area (Å²) in [7, 11) is 0. The van der Waals surface area contributed by atoms with Crippen molar-refractivity contribution < 1.29 is 0 Å². The van der Waals surface area contributed by atoms with Crippen LogP contribution in [0.5, 0.6) is 0 Å². The largest absolute Gasteiger partial charge is 0.222 e. The molecule has 1 heterocycles. The first-order chi connectivity index (χ1) is 14.9. The van der Waals surface area contributed by atoms with Gasteiger partial charge in [0.1, 0.15) is 10.3 Å². The Balaban J connectivity index is 1.87. The number of halogens is 2. The van der Waals surface area contributed by atoms with E-state index in [2.05, 4.69) is 94.5 Å². The van der Waals surface area contributed by atoms with Gasteiger partial charge in [0, 0.05) is 11.1 Å². The number of hydrogen-bond acceptors (Lipinski definition) is 1. The molecule has 0 unspecified atom stereocenters. The topological polar surface area (TPSA) is 12.9 Å². The average molecular weight is 460 g/mol. The maximum atomic E-state index is 6.28. The van der Waals surface area contributed by atoms with E-state index in [1.807, 2.05) is 24.3 Å². The van der Waals surface area contributed by atoms with Gasteiger partial charge >= 0.3 is 0 Å². The number of benzene rings is 2. The minimum absolute atomic E-state index is 0.107. The average Bonchev–Trinajstić information content (AvgIpc) is 2.72. The lowest BCUT2D eigenvalue weighted by Gasteiger charge is -2.18. The van der Waals surface area contributed by atoms with E-state index in [0.29, 0.717) is 11.1 Å². The van der Waals surface area contributed by atoms with Crippen molar-refractivity contribution in [3.63, 3.8) is 0 Å². The Bertz CT molecular complexity index is 1140. The van der Waals surface area contributed by atoms with Crippen LogP contribution in [0.25, 0.3) is 0 Å². The molecule has 0 radical (unpaired) electrons. The second-order valence-corrected chi connectivity index (χ2v) is 10.5. The summed E-state index contributed by atoms with van der Waals surface area (Å²) in [4.78, 5) is 4.22. The highest BCUT2D eigenvalue weighted by Crippen LogP contribution is 2.24. The van der Waals surface area contributed by atoms with Crippen molar-refractivity contribution in [1.29, 1.82) is 0 Å². The lowest BCUT2D eigenvalue weighted by Crippen LogP contribution is -2.10. The van der Waals surface area contributed by atoms with Crippen molar-refractivity contribution in [2.75, 3.05) is 0 Å². The summed E-state index contributed by atoms with van der Waals surface area (Å²) in [5, 5.41) is 0.544. The van der Waals surface area contributed by atoms with Crippen LogP contribution in [-0.2, 0) is 10.8 Å². The minimum atomic E-state index is 0.107. The molecule has 3 rings (SSSR count). The van der Waals surface area contributed by atoms with Crippen molar-refractivity contribution in [2.45, 2.75) is 52.4 Å². The highest BCUT2D eigenvalue weighted by atomic mass is 35.5. The molecule has 1 aromatic heterocycles. The van der Waals surface area contributed by atoms with Crippen LogP contribution in [0.3, 0.4) is 0 Å². The van der Waals surface area contributed by atoms with E-state index in [1.165, 1.54) is 11.1 Å². The Morgan fingerprint density at radius 1 is 0.562 bits per heavy atom. The van der Waals surface area contributed by atoms with Gasteiger partial charge in [-0.1, -0.05) is 113 Å². The molecule has 32 heavy (non-hydrogen) atoms. The van der Waals surface area contributed by atoms with Gasteiger partial charge in [0.15, 0.2) is 0 Å². The summed E-state index contributed by atoms with van der Waals surface area (Å²) >= 11 is 12.6. The molecule has 0 atom stereocenters. The van der Waals surface area contributed by atoms with Crippen LogP contribution >= 0.6 is 23.2 Å². The number of nitrogens with zero attached hydrogens (tertiary/aromatic N) is 1. The third kappa shape index (κ3) is 6.17. The minimum Gasteiger partial charge on any atom is -0.222 e.